The molecule has 112 valence electrons. The van der Waals surface area contributed by atoms with Crippen molar-refractivity contribution < 1.29 is 9.59 Å². The Morgan fingerprint density at radius 1 is 1.15 bits per heavy atom. The molecule has 1 atom stereocenters. The Morgan fingerprint density at radius 3 is 2.45 bits per heavy atom. The molecule has 2 amide bonds. The van der Waals surface area contributed by atoms with E-state index in [4.69, 9.17) is 0 Å². The molecule has 0 aromatic rings. The molecule has 3 aliphatic rings. The smallest absolute Gasteiger partial charge is 0.240 e. The van der Waals surface area contributed by atoms with Crippen LogP contribution >= 0.6 is 11.8 Å². The third kappa shape index (κ3) is 3.11. The average Bonchev–Trinajstić information content (AvgIpc) is 2.90. The molecule has 3 rings (SSSR count). The average molecular weight is 297 g/mol. The first kappa shape index (κ1) is 14.2. The van der Waals surface area contributed by atoms with Gasteiger partial charge in [-0.2, -0.15) is 0 Å². The summed E-state index contributed by atoms with van der Waals surface area (Å²) in [5.41, 5.74) is 0. The maximum absolute atomic E-state index is 12.3. The summed E-state index contributed by atoms with van der Waals surface area (Å²) in [4.78, 5) is 26.1. The topological polar surface area (TPSA) is 61.4 Å². The highest BCUT2D eigenvalue weighted by Gasteiger charge is 2.32. The van der Waals surface area contributed by atoms with Crippen molar-refractivity contribution in [3.05, 3.63) is 0 Å². The molecule has 0 spiro atoms. The zero-order valence-electron chi connectivity index (χ0n) is 11.8. The normalized spacial score (nSPS) is 28.2. The van der Waals surface area contributed by atoms with Crippen LogP contribution in [0.5, 0.6) is 0 Å². The van der Waals surface area contributed by atoms with E-state index in [2.05, 4.69) is 10.6 Å². The number of thioether (sulfide) groups is 1. The molecule has 1 saturated carbocycles. The quantitative estimate of drug-likeness (QED) is 0.799. The molecule has 2 aliphatic heterocycles. The van der Waals surface area contributed by atoms with E-state index in [9.17, 15) is 9.59 Å². The van der Waals surface area contributed by atoms with Crippen LogP contribution in [0.2, 0.25) is 0 Å². The second kappa shape index (κ2) is 6.35. The highest BCUT2D eigenvalue weighted by Crippen LogP contribution is 2.26. The van der Waals surface area contributed by atoms with Gasteiger partial charge < -0.3 is 10.2 Å². The minimum atomic E-state index is 0.00103. The van der Waals surface area contributed by atoms with Gasteiger partial charge in [-0.1, -0.05) is 6.42 Å². The van der Waals surface area contributed by atoms with Crippen molar-refractivity contribution in [3.63, 3.8) is 0 Å². The number of likely N-dealkylation sites (tertiary alicyclic amines) is 1. The molecule has 2 heterocycles. The molecule has 0 bridgehead atoms. The van der Waals surface area contributed by atoms with Crippen LogP contribution in [0, 0.1) is 5.92 Å². The number of nitrogens with zero attached hydrogens (tertiary/aromatic N) is 1. The van der Waals surface area contributed by atoms with E-state index in [0.29, 0.717) is 0 Å². The van der Waals surface area contributed by atoms with Gasteiger partial charge in [0.1, 0.15) is 0 Å². The van der Waals surface area contributed by atoms with E-state index in [1.165, 1.54) is 6.42 Å². The molecule has 5 nitrogen and oxygen atoms in total. The summed E-state index contributed by atoms with van der Waals surface area (Å²) >= 11 is 1.78. The molecule has 0 aromatic carbocycles. The summed E-state index contributed by atoms with van der Waals surface area (Å²) in [6.07, 6.45) is 5.08. The van der Waals surface area contributed by atoms with Crippen molar-refractivity contribution in [1.29, 1.82) is 0 Å². The summed E-state index contributed by atoms with van der Waals surface area (Å²) in [7, 11) is 0. The van der Waals surface area contributed by atoms with Gasteiger partial charge in [-0.15, -0.1) is 11.8 Å². The lowest BCUT2D eigenvalue weighted by Gasteiger charge is -2.35. The lowest BCUT2D eigenvalue weighted by Crippen LogP contribution is -2.52. The highest BCUT2D eigenvalue weighted by atomic mass is 32.2. The van der Waals surface area contributed by atoms with Crippen LogP contribution in [0.4, 0.5) is 0 Å². The second-order valence-corrected chi connectivity index (χ2v) is 7.04. The molecule has 3 fully saturated rings. The third-order valence-electron chi connectivity index (χ3n) is 4.64. The Labute approximate surface area is 124 Å². The molecule has 0 radical (unpaired) electrons. The van der Waals surface area contributed by atoms with E-state index in [-0.39, 0.29) is 29.8 Å². The fourth-order valence-corrected chi connectivity index (χ4v) is 3.94. The number of hydrogen-bond acceptors (Lipinski definition) is 4. The fourth-order valence-electron chi connectivity index (χ4n) is 3.01. The van der Waals surface area contributed by atoms with Gasteiger partial charge in [0.15, 0.2) is 0 Å². The molecule has 1 unspecified atom stereocenters. The van der Waals surface area contributed by atoms with E-state index in [0.717, 1.165) is 50.4 Å². The predicted molar refractivity (Wildman–Crippen MR) is 79.3 cm³/mol. The van der Waals surface area contributed by atoms with Crippen LogP contribution in [0.3, 0.4) is 0 Å². The van der Waals surface area contributed by atoms with Crippen molar-refractivity contribution in [2.45, 2.75) is 44.2 Å². The first-order chi connectivity index (χ1) is 9.74. The number of amides is 2. The lowest BCUT2D eigenvalue weighted by atomic mass is 9.84. The summed E-state index contributed by atoms with van der Waals surface area (Å²) in [6, 6.07) is 0.263. The molecule has 2 N–H and O–H groups in total. The van der Waals surface area contributed by atoms with E-state index in [1.807, 2.05) is 4.90 Å². The van der Waals surface area contributed by atoms with Crippen LogP contribution in [0.25, 0.3) is 0 Å². The molecule has 2 saturated heterocycles. The first-order valence-electron chi connectivity index (χ1n) is 7.64. The lowest BCUT2D eigenvalue weighted by molar-refractivity contribution is -0.134. The summed E-state index contributed by atoms with van der Waals surface area (Å²) < 4.78 is 0. The van der Waals surface area contributed by atoms with Gasteiger partial charge in [0.05, 0.1) is 6.04 Å². The molecule has 20 heavy (non-hydrogen) atoms. The van der Waals surface area contributed by atoms with Crippen LogP contribution in [-0.4, -0.2) is 53.5 Å². The zero-order valence-corrected chi connectivity index (χ0v) is 12.6. The van der Waals surface area contributed by atoms with Gasteiger partial charge in [-0.3, -0.25) is 14.9 Å². The Bertz CT molecular complexity index is 373. The summed E-state index contributed by atoms with van der Waals surface area (Å²) in [5.74, 6) is 2.49. The van der Waals surface area contributed by atoms with Crippen molar-refractivity contribution in [2.24, 2.45) is 5.92 Å². The number of carbonyl (C=O) groups is 2. The molecule has 0 aromatic heterocycles. The molecular formula is C14H23N3O2S. The standard InChI is InChI=1S/C14H23N3O2S/c18-13(10-2-1-3-10)16-11-4-6-17(7-5-11)14(19)12-8-20-9-15-12/h10-12,15H,1-9H2,(H,16,18). The van der Waals surface area contributed by atoms with Gasteiger partial charge in [-0.05, 0) is 25.7 Å². The highest BCUT2D eigenvalue weighted by molar-refractivity contribution is 7.99. The first-order valence-corrected chi connectivity index (χ1v) is 8.80. The Kier molecular flexibility index (Phi) is 4.51. The Balaban J connectivity index is 1.42. The van der Waals surface area contributed by atoms with Crippen LogP contribution in [0.15, 0.2) is 0 Å². The zero-order chi connectivity index (χ0) is 13.9. The van der Waals surface area contributed by atoms with Gasteiger partial charge in [0, 0.05) is 36.7 Å². The maximum Gasteiger partial charge on any atom is 0.240 e. The fraction of sp³-hybridized carbons (Fsp3) is 0.857. The van der Waals surface area contributed by atoms with Crippen LogP contribution in [-0.2, 0) is 9.59 Å². The summed E-state index contributed by atoms with van der Waals surface area (Å²) in [5, 5.41) is 6.38. The number of rotatable bonds is 3. The third-order valence-corrected chi connectivity index (χ3v) is 5.58. The van der Waals surface area contributed by atoms with Gasteiger partial charge in [0.25, 0.3) is 0 Å². The minimum absolute atomic E-state index is 0.00103. The SMILES string of the molecule is O=C(NC1CCN(C(=O)C2CSCN2)CC1)C1CCC1. The minimum Gasteiger partial charge on any atom is -0.353 e. The largest absolute Gasteiger partial charge is 0.353 e. The molecule has 6 heteroatoms. The Hall–Kier alpha value is -0.750. The van der Waals surface area contributed by atoms with Gasteiger partial charge in [0.2, 0.25) is 11.8 Å². The van der Waals surface area contributed by atoms with Crippen molar-refractivity contribution in [3.8, 4) is 0 Å². The number of nitrogens with one attached hydrogen (secondary N) is 2. The molecule has 1 aliphatic carbocycles. The number of carbonyl (C=O) groups excluding carboxylic acids is 2. The van der Waals surface area contributed by atoms with E-state index >= 15 is 0 Å². The Morgan fingerprint density at radius 2 is 1.90 bits per heavy atom. The summed E-state index contributed by atoms with van der Waals surface area (Å²) in [6.45, 7) is 1.55. The van der Waals surface area contributed by atoms with Crippen molar-refractivity contribution in [1.82, 2.24) is 15.5 Å². The van der Waals surface area contributed by atoms with Crippen molar-refractivity contribution >= 4 is 23.6 Å². The van der Waals surface area contributed by atoms with Gasteiger partial charge in [-0.25, -0.2) is 0 Å². The van der Waals surface area contributed by atoms with Crippen LogP contribution < -0.4 is 10.6 Å². The van der Waals surface area contributed by atoms with Gasteiger partial charge >= 0.3 is 0 Å². The predicted octanol–water partition coefficient (Wildman–Crippen LogP) is 0.556. The van der Waals surface area contributed by atoms with E-state index in [1.54, 1.807) is 11.8 Å². The number of hydrogen-bond donors (Lipinski definition) is 2. The molecular weight excluding hydrogens is 274 g/mol. The maximum atomic E-state index is 12.3. The number of piperidine rings is 1. The second-order valence-electron chi connectivity index (χ2n) is 6.01. The van der Waals surface area contributed by atoms with E-state index < -0.39 is 0 Å². The van der Waals surface area contributed by atoms with Crippen molar-refractivity contribution in [2.75, 3.05) is 24.7 Å². The monoisotopic (exact) mass is 297 g/mol. The van der Waals surface area contributed by atoms with Crippen LogP contribution in [0.1, 0.15) is 32.1 Å².